The summed E-state index contributed by atoms with van der Waals surface area (Å²) in [6.45, 7) is 1.90. The first-order valence-corrected chi connectivity index (χ1v) is 4.32. The van der Waals surface area contributed by atoms with Crippen LogP contribution in [0.25, 0.3) is 0 Å². The molecule has 0 spiro atoms. The molecule has 0 fully saturated rings. The molecule has 0 aliphatic rings. The molecule has 1 aromatic carbocycles. The molecule has 2 nitrogen and oxygen atoms in total. The van der Waals surface area contributed by atoms with Crippen molar-refractivity contribution in [1.82, 2.24) is 0 Å². The van der Waals surface area contributed by atoms with Crippen LogP contribution in [0.4, 0.5) is 4.39 Å². The van der Waals surface area contributed by atoms with Crippen molar-refractivity contribution < 1.29 is 9.50 Å². The predicted octanol–water partition coefficient (Wildman–Crippen LogP) is 1.81. The third-order valence-electron chi connectivity index (χ3n) is 1.92. The van der Waals surface area contributed by atoms with Crippen LogP contribution in [-0.2, 0) is 6.42 Å². The Labute approximate surface area is 77.2 Å². The maximum Gasteiger partial charge on any atom is 0.126 e. The molecule has 0 bridgehead atoms. The number of benzene rings is 1. The molecule has 13 heavy (non-hydrogen) atoms. The molecule has 0 radical (unpaired) electrons. The third-order valence-corrected chi connectivity index (χ3v) is 1.92. The first-order chi connectivity index (χ1) is 6.09. The number of hydrogen-bond acceptors (Lipinski definition) is 2. The Morgan fingerprint density at radius 2 is 2.23 bits per heavy atom. The van der Waals surface area contributed by atoms with Gasteiger partial charge in [0, 0.05) is 12.1 Å². The summed E-state index contributed by atoms with van der Waals surface area (Å²) in [5.74, 6) is -0.400. The SMILES string of the molecule is C[C@@H](N)CCc1ccc(F)cc1O. The van der Waals surface area contributed by atoms with Crippen molar-refractivity contribution in [3.05, 3.63) is 29.6 Å². The second-order valence-electron chi connectivity index (χ2n) is 3.29. The van der Waals surface area contributed by atoms with Gasteiger partial charge in [-0.1, -0.05) is 6.07 Å². The highest BCUT2D eigenvalue weighted by Gasteiger charge is 2.03. The highest BCUT2D eigenvalue weighted by molar-refractivity contribution is 5.32. The Balaban J connectivity index is 2.67. The predicted molar refractivity (Wildman–Crippen MR) is 50.0 cm³/mol. The van der Waals surface area contributed by atoms with Gasteiger partial charge in [-0.3, -0.25) is 0 Å². The number of phenols is 1. The summed E-state index contributed by atoms with van der Waals surface area (Å²) >= 11 is 0. The second-order valence-corrected chi connectivity index (χ2v) is 3.29. The van der Waals surface area contributed by atoms with Crippen molar-refractivity contribution in [3.8, 4) is 5.75 Å². The molecule has 3 heteroatoms. The van der Waals surface area contributed by atoms with Gasteiger partial charge in [-0.25, -0.2) is 4.39 Å². The van der Waals surface area contributed by atoms with Gasteiger partial charge in [0.25, 0.3) is 0 Å². The van der Waals surface area contributed by atoms with Gasteiger partial charge in [0.15, 0.2) is 0 Å². The van der Waals surface area contributed by atoms with Gasteiger partial charge < -0.3 is 10.8 Å². The Kier molecular flexibility index (Phi) is 3.25. The van der Waals surface area contributed by atoms with E-state index in [1.165, 1.54) is 6.07 Å². The van der Waals surface area contributed by atoms with Gasteiger partial charge in [0.1, 0.15) is 11.6 Å². The molecule has 3 N–H and O–H groups in total. The normalized spacial score (nSPS) is 12.8. The Hall–Kier alpha value is -1.09. The lowest BCUT2D eigenvalue weighted by Crippen LogP contribution is -2.15. The Morgan fingerprint density at radius 3 is 2.77 bits per heavy atom. The molecule has 0 amide bonds. The zero-order valence-electron chi connectivity index (χ0n) is 7.63. The molecule has 0 unspecified atom stereocenters. The number of halogens is 1. The van der Waals surface area contributed by atoms with Gasteiger partial charge in [-0.2, -0.15) is 0 Å². The van der Waals surface area contributed by atoms with Crippen LogP contribution in [0.2, 0.25) is 0 Å². The van der Waals surface area contributed by atoms with E-state index in [0.29, 0.717) is 6.42 Å². The van der Waals surface area contributed by atoms with E-state index in [0.717, 1.165) is 18.1 Å². The van der Waals surface area contributed by atoms with Crippen LogP contribution in [0, 0.1) is 5.82 Å². The fraction of sp³-hybridized carbons (Fsp3) is 0.400. The molecule has 0 heterocycles. The molecule has 0 saturated heterocycles. The summed E-state index contributed by atoms with van der Waals surface area (Å²) in [6.07, 6.45) is 1.48. The van der Waals surface area contributed by atoms with Crippen LogP contribution in [0.5, 0.6) is 5.75 Å². The van der Waals surface area contributed by atoms with E-state index in [1.807, 2.05) is 6.92 Å². The van der Waals surface area contributed by atoms with Crippen LogP contribution in [0.1, 0.15) is 18.9 Å². The van der Waals surface area contributed by atoms with Crippen LogP contribution >= 0.6 is 0 Å². The highest BCUT2D eigenvalue weighted by atomic mass is 19.1. The molecule has 0 aliphatic carbocycles. The lowest BCUT2D eigenvalue weighted by atomic mass is 10.1. The number of aryl methyl sites for hydroxylation is 1. The molecule has 0 aliphatic heterocycles. The van der Waals surface area contributed by atoms with Crippen molar-refractivity contribution >= 4 is 0 Å². The minimum atomic E-state index is -0.415. The average Bonchev–Trinajstić information content (AvgIpc) is 2.02. The summed E-state index contributed by atoms with van der Waals surface area (Å²) in [5, 5.41) is 9.32. The number of phenolic OH excluding ortho intramolecular Hbond substituents is 1. The third kappa shape index (κ3) is 3.03. The van der Waals surface area contributed by atoms with Gasteiger partial charge in [0.05, 0.1) is 0 Å². The zero-order chi connectivity index (χ0) is 9.84. The highest BCUT2D eigenvalue weighted by Crippen LogP contribution is 2.19. The van der Waals surface area contributed by atoms with Crippen molar-refractivity contribution in [1.29, 1.82) is 0 Å². The number of aromatic hydroxyl groups is 1. The number of rotatable bonds is 3. The molecule has 1 aromatic rings. The lowest BCUT2D eigenvalue weighted by molar-refractivity contribution is 0.459. The second kappa shape index (κ2) is 4.23. The van der Waals surface area contributed by atoms with E-state index in [1.54, 1.807) is 6.07 Å². The summed E-state index contributed by atoms with van der Waals surface area (Å²) < 4.78 is 12.6. The maximum atomic E-state index is 12.6. The standard InChI is InChI=1S/C10H14FNO/c1-7(12)2-3-8-4-5-9(11)6-10(8)13/h4-7,13H,2-3,12H2,1H3/t7-/m1/s1. The maximum absolute atomic E-state index is 12.6. The quantitative estimate of drug-likeness (QED) is 0.750. The van der Waals surface area contributed by atoms with E-state index < -0.39 is 5.82 Å². The van der Waals surface area contributed by atoms with Crippen LogP contribution in [0.15, 0.2) is 18.2 Å². The van der Waals surface area contributed by atoms with Gasteiger partial charge >= 0.3 is 0 Å². The first-order valence-electron chi connectivity index (χ1n) is 4.32. The van der Waals surface area contributed by atoms with Crippen LogP contribution < -0.4 is 5.73 Å². The van der Waals surface area contributed by atoms with Gasteiger partial charge in [0.2, 0.25) is 0 Å². The molecule has 1 rings (SSSR count). The summed E-state index contributed by atoms with van der Waals surface area (Å²) in [6, 6.07) is 4.16. The molecule has 0 aromatic heterocycles. The topological polar surface area (TPSA) is 46.2 Å². The first kappa shape index (κ1) is 9.99. The average molecular weight is 183 g/mol. The van der Waals surface area contributed by atoms with E-state index in [9.17, 15) is 9.50 Å². The summed E-state index contributed by atoms with van der Waals surface area (Å²) in [5.41, 5.74) is 6.31. The fourth-order valence-electron chi connectivity index (χ4n) is 1.13. The monoisotopic (exact) mass is 183 g/mol. The van der Waals surface area contributed by atoms with Crippen molar-refractivity contribution in [2.45, 2.75) is 25.8 Å². The summed E-state index contributed by atoms with van der Waals surface area (Å²) in [4.78, 5) is 0. The smallest absolute Gasteiger partial charge is 0.126 e. The Bertz CT molecular complexity index is 286. The molecule has 0 saturated carbocycles. The minimum absolute atomic E-state index is 0.0145. The van der Waals surface area contributed by atoms with E-state index in [-0.39, 0.29) is 11.8 Å². The molecular weight excluding hydrogens is 169 g/mol. The van der Waals surface area contributed by atoms with E-state index in [2.05, 4.69) is 0 Å². The molecule has 1 atom stereocenters. The van der Waals surface area contributed by atoms with Crippen LogP contribution in [-0.4, -0.2) is 11.1 Å². The van der Waals surface area contributed by atoms with Crippen molar-refractivity contribution in [2.24, 2.45) is 5.73 Å². The van der Waals surface area contributed by atoms with Crippen molar-refractivity contribution in [2.75, 3.05) is 0 Å². The fourth-order valence-corrected chi connectivity index (χ4v) is 1.13. The van der Waals surface area contributed by atoms with E-state index in [4.69, 9.17) is 5.73 Å². The van der Waals surface area contributed by atoms with Crippen molar-refractivity contribution in [3.63, 3.8) is 0 Å². The van der Waals surface area contributed by atoms with Gasteiger partial charge in [-0.15, -0.1) is 0 Å². The zero-order valence-corrected chi connectivity index (χ0v) is 7.63. The van der Waals surface area contributed by atoms with Crippen LogP contribution in [0.3, 0.4) is 0 Å². The van der Waals surface area contributed by atoms with E-state index >= 15 is 0 Å². The number of nitrogens with two attached hydrogens (primary N) is 1. The molecule has 72 valence electrons. The number of hydrogen-bond donors (Lipinski definition) is 2. The van der Waals surface area contributed by atoms with Gasteiger partial charge in [-0.05, 0) is 31.4 Å². The minimum Gasteiger partial charge on any atom is -0.508 e. The lowest BCUT2D eigenvalue weighted by Gasteiger charge is -2.06. The Morgan fingerprint density at radius 1 is 1.54 bits per heavy atom. The largest absolute Gasteiger partial charge is 0.508 e. The summed E-state index contributed by atoms with van der Waals surface area (Å²) in [7, 11) is 0. The molecular formula is C10H14FNO.